The summed E-state index contributed by atoms with van der Waals surface area (Å²) in [6, 6.07) is 15.0. The Balaban J connectivity index is 1.48. The van der Waals surface area contributed by atoms with Gasteiger partial charge in [0.15, 0.2) is 0 Å². The normalized spacial score (nSPS) is 19.1. The quantitative estimate of drug-likeness (QED) is 0.375. The number of carbonyl (C=O) groups is 2. The molecular weight excluding hydrogens is 454 g/mol. The highest BCUT2D eigenvalue weighted by molar-refractivity contribution is 5.90. The van der Waals surface area contributed by atoms with E-state index in [0.29, 0.717) is 37.5 Å². The molecule has 1 saturated heterocycles. The summed E-state index contributed by atoms with van der Waals surface area (Å²) in [7, 11) is 1.36. The fourth-order valence-corrected chi connectivity index (χ4v) is 5.44. The first-order valence-electron chi connectivity index (χ1n) is 13.3. The summed E-state index contributed by atoms with van der Waals surface area (Å²) in [5.74, 6) is 1.07. The number of carbonyl (C=O) groups excluding carboxylic acids is 2. The minimum Gasteiger partial charge on any atom is -0.493 e. The number of rotatable bonds is 8. The summed E-state index contributed by atoms with van der Waals surface area (Å²) in [4.78, 5) is 25.5. The maximum absolute atomic E-state index is 13.8. The highest BCUT2D eigenvalue weighted by Crippen LogP contribution is 2.37. The van der Waals surface area contributed by atoms with Crippen molar-refractivity contribution in [1.82, 2.24) is 5.32 Å². The number of ether oxygens (including phenoxy) is 3. The largest absolute Gasteiger partial charge is 0.493 e. The Morgan fingerprint density at radius 3 is 2.39 bits per heavy atom. The zero-order chi connectivity index (χ0) is 25.4. The van der Waals surface area contributed by atoms with E-state index in [2.05, 4.69) is 11.4 Å². The zero-order valence-corrected chi connectivity index (χ0v) is 21.6. The predicted octanol–water partition coefficient (Wildman–Crippen LogP) is 5.75. The molecule has 2 fully saturated rings. The van der Waals surface area contributed by atoms with Crippen LogP contribution in [-0.4, -0.2) is 38.8 Å². The van der Waals surface area contributed by atoms with E-state index in [9.17, 15) is 9.59 Å². The van der Waals surface area contributed by atoms with E-state index in [0.717, 1.165) is 23.5 Å². The van der Waals surface area contributed by atoms with Gasteiger partial charge in [-0.25, -0.2) is 4.79 Å². The molecule has 6 heteroatoms. The van der Waals surface area contributed by atoms with Crippen LogP contribution >= 0.6 is 0 Å². The van der Waals surface area contributed by atoms with Crippen molar-refractivity contribution in [1.29, 1.82) is 0 Å². The molecule has 6 nitrogen and oxygen atoms in total. The number of hydrogen-bond donors (Lipinski definition) is 1. The molecule has 1 N–H and O–H groups in total. The molecule has 2 aromatic carbocycles. The van der Waals surface area contributed by atoms with E-state index < -0.39 is 5.41 Å². The molecule has 0 aromatic heterocycles. The Morgan fingerprint density at radius 1 is 1.03 bits per heavy atom. The standard InChI is InChI=1S/C30H39NO5/c1-22(24-12-14-25(15-13-24)28(32)34-2)31-29(33)30(16-18-35-19-17-30)26-10-7-11-27(20-26)36-21-23-8-5-3-4-6-9-23/h7,10-15,20,22-23H,3-6,8-9,16-19,21H2,1-2H3,(H,31,33). The molecule has 194 valence electrons. The highest BCUT2D eigenvalue weighted by atomic mass is 16.5. The first-order valence-corrected chi connectivity index (χ1v) is 13.3. The smallest absolute Gasteiger partial charge is 0.337 e. The van der Waals surface area contributed by atoms with Gasteiger partial charge in [-0.15, -0.1) is 0 Å². The highest BCUT2D eigenvalue weighted by Gasteiger charge is 2.42. The lowest BCUT2D eigenvalue weighted by atomic mass is 9.73. The van der Waals surface area contributed by atoms with Gasteiger partial charge in [0.05, 0.1) is 30.7 Å². The van der Waals surface area contributed by atoms with Crippen LogP contribution in [0.3, 0.4) is 0 Å². The van der Waals surface area contributed by atoms with E-state index in [-0.39, 0.29) is 17.9 Å². The first-order chi connectivity index (χ1) is 17.5. The molecular formula is C30H39NO5. The van der Waals surface area contributed by atoms with Gasteiger partial charge in [-0.3, -0.25) is 4.79 Å². The molecule has 1 unspecified atom stereocenters. The van der Waals surface area contributed by atoms with Crippen LogP contribution < -0.4 is 10.1 Å². The fraction of sp³-hybridized carbons (Fsp3) is 0.533. The van der Waals surface area contributed by atoms with Crippen LogP contribution in [0.4, 0.5) is 0 Å². The molecule has 1 amide bonds. The second kappa shape index (κ2) is 12.4. The first kappa shape index (κ1) is 26.2. The lowest BCUT2D eigenvalue weighted by Gasteiger charge is -2.37. The van der Waals surface area contributed by atoms with Crippen LogP contribution in [-0.2, 0) is 19.7 Å². The molecule has 1 aliphatic carbocycles. The van der Waals surface area contributed by atoms with Crippen molar-refractivity contribution < 1.29 is 23.8 Å². The maximum atomic E-state index is 13.8. The minimum absolute atomic E-state index is 0.00346. The Bertz CT molecular complexity index is 1000. The van der Waals surface area contributed by atoms with Crippen LogP contribution in [0, 0.1) is 5.92 Å². The summed E-state index contributed by atoms with van der Waals surface area (Å²) in [5.41, 5.74) is 1.73. The summed E-state index contributed by atoms with van der Waals surface area (Å²) in [6.07, 6.45) is 8.97. The Labute approximate surface area is 214 Å². The fourth-order valence-electron chi connectivity index (χ4n) is 5.44. The molecule has 0 radical (unpaired) electrons. The third kappa shape index (κ3) is 6.28. The van der Waals surface area contributed by atoms with E-state index in [1.54, 1.807) is 12.1 Å². The molecule has 1 heterocycles. The lowest BCUT2D eigenvalue weighted by molar-refractivity contribution is -0.131. The van der Waals surface area contributed by atoms with Crippen molar-refractivity contribution in [2.45, 2.75) is 69.7 Å². The molecule has 4 rings (SSSR count). The Kier molecular flexibility index (Phi) is 9.03. The van der Waals surface area contributed by atoms with E-state index in [1.165, 1.54) is 45.6 Å². The van der Waals surface area contributed by atoms with E-state index in [4.69, 9.17) is 14.2 Å². The van der Waals surface area contributed by atoms with Crippen molar-refractivity contribution in [2.75, 3.05) is 26.9 Å². The number of nitrogens with one attached hydrogen (secondary N) is 1. The Hall–Kier alpha value is -2.86. The van der Waals surface area contributed by atoms with Gasteiger partial charge in [0.25, 0.3) is 0 Å². The van der Waals surface area contributed by atoms with Crippen molar-refractivity contribution >= 4 is 11.9 Å². The van der Waals surface area contributed by atoms with Crippen molar-refractivity contribution in [2.24, 2.45) is 5.92 Å². The molecule has 2 aliphatic rings. The van der Waals surface area contributed by atoms with Gasteiger partial charge < -0.3 is 19.5 Å². The van der Waals surface area contributed by atoms with Gasteiger partial charge in [0.1, 0.15) is 5.75 Å². The monoisotopic (exact) mass is 493 g/mol. The molecule has 0 spiro atoms. The number of benzene rings is 2. The molecule has 36 heavy (non-hydrogen) atoms. The number of amides is 1. The average molecular weight is 494 g/mol. The third-order valence-corrected chi connectivity index (χ3v) is 7.81. The van der Waals surface area contributed by atoms with E-state index in [1.807, 2.05) is 37.3 Å². The molecule has 1 saturated carbocycles. The number of esters is 1. The lowest BCUT2D eigenvalue weighted by Crippen LogP contribution is -2.48. The van der Waals surface area contributed by atoms with Crippen LogP contribution in [0.15, 0.2) is 48.5 Å². The minimum atomic E-state index is -0.667. The van der Waals surface area contributed by atoms with Gasteiger partial charge in [-0.05, 0) is 73.9 Å². The van der Waals surface area contributed by atoms with Gasteiger partial charge in [-0.1, -0.05) is 49.9 Å². The van der Waals surface area contributed by atoms with Crippen LogP contribution in [0.2, 0.25) is 0 Å². The average Bonchev–Trinajstić information content (AvgIpc) is 3.21. The second-order valence-electron chi connectivity index (χ2n) is 10.2. The van der Waals surface area contributed by atoms with Crippen LogP contribution in [0.25, 0.3) is 0 Å². The zero-order valence-electron chi connectivity index (χ0n) is 21.6. The number of hydrogen-bond acceptors (Lipinski definition) is 5. The SMILES string of the molecule is COC(=O)c1ccc(C(C)NC(=O)C2(c3cccc(OCC4CCCCCC4)c3)CCOCC2)cc1. The molecule has 1 aliphatic heterocycles. The van der Waals surface area contributed by atoms with E-state index >= 15 is 0 Å². The molecule has 0 bridgehead atoms. The molecule has 1 atom stereocenters. The van der Waals surface area contributed by atoms with Gasteiger partial charge in [-0.2, -0.15) is 0 Å². The summed E-state index contributed by atoms with van der Waals surface area (Å²) < 4.78 is 16.7. The van der Waals surface area contributed by atoms with Gasteiger partial charge in [0.2, 0.25) is 5.91 Å². The summed E-state index contributed by atoms with van der Waals surface area (Å²) in [6.45, 7) is 3.79. The van der Waals surface area contributed by atoms with Crippen LogP contribution in [0.1, 0.15) is 85.8 Å². The van der Waals surface area contributed by atoms with Gasteiger partial charge >= 0.3 is 5.97 Å². The van der Waals surface area contributed by atoms with Crippen molar-refractivity contribution in [3.05, 3.63) is 65.2 Å². The topological polar surface area (TPSA) is 73.9 Å². The third-order valence-electron chi connectivity index (χ3n) is 7.81. The molecule has 2 aromatic rings. The summed E-state index contributed by atoms with van der Waals surface area (Å²) >= 11 is 0. The summed E-state index contributed by atoms with van der Waals surface area (Å²) in [5, 5.41) is 3.23. The maximum Gasteiger partial charge on any atom is 0.337 e. The predicted molar refractivity (Wildman–Crippen MR) is 139 cm³/mol. The van der Waals surface area contributed by atoms with Crippen molar-refractivity contribution in [3.63, 3.8) is 0 Å². The van der Waals surface area contributed by atoms with Crippen molar-refractivity contribution in [3.8, 4) is 5.75 Å². The van der Waals surface area contributed by atoms with Crippen LogP contribution in [0.5, 0.6) is 5.75 Å². The van der Waals surface area contributed by atoms with Gasteiger partial charge in [0, 0.05) is 13.2 Å². The second-order valence-corrected chi connectivity index (χ2v) is 10.2. The Morgan fingerprint density at radius 2 is 1.72 bits per heavy atom. The number of methoxy groups -OCH3 is 1.